The Morgan fingerprint density at radius 3 is 2.84 bits per heavy atom. The number of carboxylic acids is 1. The summed E-state index contributed by atoms with van der Waals surface area (Å²) >= 11 is 1.19. The van der Waals surface area contributed by atoms with Crippen molar-refractivity contribution in [1.29, 1.82) is 0 Å². The molecule has 0 aliphatic carbocycles. The molecule has 4 rings (SSSR count). The smallest absolute Gasteiger partial charge is 0.327 e. The molecule has 0 saturated carbocycles. The van der Waals surface area contributed by atoms with Crippen LogP contribution in [-0.2, 0) is 11.2 Å². The molecular weight excluding hydrogens is 338 g/mol. The van der Waals surface area contributed by atoms with Gasteiger partial charge in [-0.1, -0.05) is 30.8 Å². The number of hydrogen-bond acceptors (Lipinski definition) is 4. The van der Waals surface area contributed by atoms with E-state index < -0.39 is 17.3 Å². The van der Waals surface area contributed by atoms with E-state index in [1.54, 1.807) is 17.2 Å². The zero-order chi connectivity index (χ0) is 17.7. The van der Waals surface area contributed by atoms with Gasteiger partial charge in [0.15, 0.2) is 0 Å². The van der Waals surface area contributed by atoms with Gasteiger partial charge < -0.3 is 10.4 Å². The number of carbonyl (C=O) groups excluding carboxylic acids is 1. The number of urea groups is 1. The summed E-state index contributed by atoms with van der Waals surface area (Å²) in [5.74, 6) is -0.948. The average molecular weight is 355 g/mol. The van der Waals surface area contributed by atoms with Gasteiger partial charge in [0.2, 0.25) is 0 Å². The highest BCUT2D eigenvalue weighted by Crippen LogP contribution is 2.50. The Balaban J connectivity index is 1.86. The van der Waals surface area contributed by atoms with E-state index in [9.17, 15) is 14.7 Å². The monoisotopic (exact) mass is 355 g/mol. The second kappa shape index (κ2) is 5.77. The van der Waals surface area contributed by atoms with Crippen molar-refractivity contribution in [2.75, 3.05) is 4.90 Å². The molecule has 2 atom stereocenters. The van der Waals surface area contributed by atoms with E-state index >= 15 is 0 Å². The Hall–Kier alpha value is -2.54. The van der Waals surface area contributed by atoms with Gasteiger partial charge in [-0.05, 0) is 36.6 Å². The topological polar surface area (TPSA) is 82.5 Å². The maximum atomic E-state index is 12.8. The first-order valence-electron chi connectivity index (χ1n) is 8.09. The number of aryl methyl sites for hydroxylation is 2. The first kappa shape index (κ1) is 16.0. The minimum absolute atomic E-state index is 0.309. The van der Waals surface area contributed by atoms with Crippen molar-refractivity contribution in [3.63, 3.8) is 0 Å². The molecule has 25 heavy (non-hydrogen) atoms. The summed E-state index contributed by atoms with van der Waals surface area (Å²) in [5.41, 5.74) is 4.50. The van der Waals surface area contributed by atoms with Crippen LogP contribution in [0.25, 0.3) is 0 Å². The van der Waals surface area contributed by atoms with Crippen molar-refractivity contribution >= 4 is 35.1 Å². The van der Waals surface area contributed by atoms with Crippen LogP contribution < -0.4 is 10.2 Å². The molecule has 3 heterocycles. The molecule has 7 heteroatoms. The molecule has 2 amide bonds. The second-order valence-electron chi connectivity index (χ2n) is 6.16. The van der Waals surface area contributed by atoms with Gasteiger partial charge in [0.05, 0.1) is 17.4 Å². The van der Waals surface area contributed by atoms with Crippen molar-refractivity contribution in [3.8, 4) is 0 Å². The Morgan fingerprint density at radius 2 is 2.16 bits per heavy atom. The molecule has 6 nitrogen and oxygen atoms in total. The minimum Gasteiger partial charge on any atom is -0.480 e. The predicted molar refractivity (Wildman–Crippen MR) is 95.5 cm³/mol. The van der Waals surface area contributed by atoms with Gasteiger partial charge in [-0.15, -0.1) is 0 Å². The Labute approximate surface area is 149 Å². The number of hydrogen-bond donors (Lipinski definition) is 2. The van der Waals surface area contributed by atoms with Crippen molar-refractivity contribution in [2.24, 2.45) is 0 Å². The van der Waals surface area contributed by atoms with E-state index in [0.717, 1.165) is 23.2 Å². The molecule has 0 spiro atoms. The number of benzene rings is 1. The van der Waals surface area contributed by atoms with E-state index in [0.29, 0.717) is 10.7 Å². The molecular formula is C18H17N3O3S. The first-order chi connectivity index (χ1) is 12.0. The van der Waals surface area contributed by atoms with Gasteiger partial charge in [-0.25, -0.2) is 9.78 Å². The van der Waals surface area contributed by atoms with Gasteiger partial charge in [0.1, 0.15) is 10.3 Å². The third-order valence-corrected chi connectivity index (χ3v) is 5.94. The van der Waals surface area contributed by atoms with E-state index in [-0.39, 0.29) is 6.03 Å². The quantitative estimate of drug-likeness (QED) is 0.882. The number of aliphatic carboxylic acids is 1. The summed E-state index contributed by atoms with van der Waals surface area (Å²) in [5, 5.41) is 12.2. The Kier molecular flexibility index (Phi) is 3.68. The molecule has 2 aliphatic rings. The lowest BCUT2D eigenvalue weighted by Gasteiger charge is -2.34. The molecule has 2 N–H and O–H groups in total. The molecule has 0 radical (unpaired) electrons. The predicted octanol–water partition coefficient (Wildman–Crippen LogP) is 3.41. The molecule has 1 aromatic carbocycles. The lowest BCUT2D eigenvalue weighted by atomic mass is 9.99. The number of rotatable bonds is 3. The fourth-order valence-corrected chi connectivity index (χ4v) is 4.60. The van der Waals surface area contributed by atoms with Crippen LogP contribution in [0.3, 0.4) is 0 Å². The van der Waals surface area contributed by atoms with Crippen LogP contribution in [0, 0.1) is 6.92 Å². The standard InChI is InChI=1S/C18H17N3O3S/c1-3-10-4-5-11(9(2)8-10)21-12-6-7-19-16-13(12)14(20-18(21)24)15(25-16)17(22)23/h4-8,14-15H,3H2,1-2H3,(H,20,24)(H,22,23). The summed E-state index contributed by atoms with van der Waals surface area (Å²) in [6.45, 7) is 4.07. The number of nitrogens with one attached hydrogen (secondary N) is 1. The zero-order valence-corrected chi connectivity index (χ0v) is 14.6. The summed E-state index contributed by atoms with van der Waals surface area (Å²) in [6.07, 6.45) is 2.56. The van der Waals surface area contributed by atoms with Crippen LogP contribution in [0.15, 0.2) is 35.5 Å². The number of anilines is 2. The normalized spacial score (nSPS) is 21.0. The SMILES string of the molecule is CCc1ccc(N2C(=O)NC3c4c2ccnc4SC3C(=O)O)c(C)c1. The highest BCUT2D eigenvalue weighted by atomic mass is 32.2. The van der Waals surface area contributed by atoms with Crippen LogP contribution in [0.1, 0.15) is 29.7 Å². The number of nitrogens with zero attached hydrogens (tertiary/aromatic N) is 2. The van der Waals surface area contributed by atoms with Gasteiger partial charge >= 0.3 is 12.0 Å². The molecule has 0 saturated heterocycles. The molecule has 0 bridgehead atoms. The Morgan fingerprint density at radius 1 is 1.36 bits per heavy atom. The van der Waals surface area contributed by atoms with Gasteiger partial charge in [-0.2, -0.15) is 0 Å². The number of aromatic nitrogens is 1. The first-order valence-corrected chi connectivity index (χ1v) is 8.97. The lowest BCUT2D eigenvalue weighted by molar-refractivity contribution is -0.136. The van der Waals surface area contributed by atoms with Crippen LogP contribution in [0.4, 0.5) is 16.2 Å². The van der Waals surface area contributed by atoms with E-state index in [1.165, 1.54) is 17.3 Å². The summed E-state index contributed by atoms with van der Waals surface area (Å²) in [6, 6.07) is 6.94. The molecule has 0 fully saturated rings. The molecule has 2 aliphatic heterocycles. The number of amides is 2. The number of carbonyl (C=O) groups is 2. The third-order valence-electron chi connectivity index (χ3n) is 4.66. The van der Waals surface area contributed by atoms with Gasteiger partial charge in [-0.3, -0.25) is 9.69 Å². The van der Waals surface area contributed by atoms with E-state index in [2.05, 4.69) is 23.3 Å². The summed E-state index contributed by atoms with van der Waals surface area (Å²) in [4.78, 5) is 30.3. The highest BCUT2D eigenvalue weighted by molar-refractivity contribution is 8.00. The van der Waals surface area contributed by atoms with Crippen LogP contribution in [0.2, 0.25) is 0 Å². The fourth-order valence-electron chi connectivity index (χ4n) is 3.44. The fraction of sp³-hybridized carbons (Fsp3) is 0.278. The molecule has 2 unspecified atom stereocenters. The summed E-state index contributed by atoms with van der Waals surface area (Å²) < 4.78 is 0. The summed E-state index contributed by atoms with van der Waals surface area (Å²) in [7, 11) is 0. The van der Waals surface area contributed by atoms with Crippen LogP contribution in [0.5, 0.6) is 0 Å². The van der Waals surface area contributed by atoms with Gasteiger partial charge in [0, 0.05) is 11.8 Å². The highest BCUT2D eigenvalue weighted by Gasteiger charge is 2.46. The van der Waals surface area contributed by atoms with E-state index in [1.807, 2.05) is 19.1 Å². The lowest BCUT2D eigenvalue weighted by Crippen LogP contribution is -2.47. The maximum Gasteiger partial charge on any atom is 0.327 e. The van der Waals surface area contributed by atoms with Crippen molar-refractivity contribution < 1.29 is 14.7 Å². The zero-order valence-electron chi connectivity index (χ0n) is 13.8. The largest absolute Gasteiger partial charge is 0.480 e. The van der Waals surface area contributed by atoms with Crippen LogP contribution in [-0.4, -0.2) is 27.3 Å². The van der Waals surface area contributed by atoms with Crippen molar-refractivity contribution in [3.05, 3.63) is 47.2 Å². The minimum atomic E-state index is -0.948. The molecule has 1 aromatic heterocycles. The molecule has 2 aromatic rings. The Bertz CT molecular complexity index is 899. The second-order valence-corrected chi connectivity index (χ2v) is 7.29. The van der Waals surface area contributed by atoms with Gasteiger partial charge in [0.25, 0.3) is 0 Å². The number of thioether (sulfide) groups is 1. The van der Waals surface area contributed by atoms with E-state index in [4.69, 9.17) is 0 Å². The third kappa shape index (κ3) is 2.38. The number of pyridine rings is 1. The maximum absolute atomic E-state index is 12.8. The van der Waals surface area contributed by atoms with Crippen molar-refractivity contribution in [1.82, 2.24) is 10.3 Å². The van der Waals surface area contributed by atoms with Crippen LogP contribution >= 0.6 is 11.8 Å². The average Bonchev–Trinajstić information content (AvgIpc) is 2.96. The van der Waals surface area contributed by atoms with Crippen molar-refractivity contribution in [2.45, 2.75) is 36.6 Å². The molecule has 128 valence electrons. The number of carboxylic acid groups (broad SMARTS) is 1.